The van der Waals surface area contributed by atoms with Crippen molar-refractivity contribution in [2.24, 2.45) is 0 Å². The molecule has 0 nitrogen and oxygen atoms in total. The van der Waals surface area contributed by atoms with Crippen LogP contribution in [0.15, 0.2) is 140 Å². The molecule has 4 aromatic carbocycles. The monoisotopic (exact) mass is 754 g/mol. The molecule has 0 fully saturated rings. The topological polar surface area (TPSA) is 0 Å². The molecular formula is C34H30Cl2F2HfSi. The van der Waals surface area contributed by atoms with Crippen molar-refractivity contribution in [3.05, 3.63) is 163 Å². The molecule has 0 aliphatic heterocycles. The molecular weight excluding hydrogens is 724 g/mol. The van der Waals surface area contributed by atoms with E-state index in [1.54, 1.807) is 24.3 Å². The fourth-order valence-electron chi connectivity index (χ4n) is 6.57. The first-order valence-electron chi connectivity index (χ1n) is 13.0. The molecule has 2 aliphatic rings. The van der Waals surface area contributed by atoms with Gasteiger partial charge in [-0.05, 0) is 0 Å². The van der Waals surface area contributed by atoms with Crippen molar-refractivity contribution in [2.45, 2.75) is 12.8 Å². The van der Waals surface area contributed by atoms with Gasteiger partial charge in [-0.3, -0.25) is 0 Å². The van der Waals surface area contributed by atoms with Crippen LogP contribution in [-0.2, 0) is 17.1 Å². The molecule has 0 heterocycles. The van der Waals surface area contributed by atoms with Crippen LogP contribution in [0.3, 0.4) is 0 Å². The molecule has 4 aromatic rings. The Labute approximate surface area is 249 Å². The maximum atomic E-state index is 14.5. The van der Waals surface area contributed by atoms with E-state index in [0.717, 1.165) is 35.1 Å². The average Bonchev–Trinajstić information content (AvgIpc) is 3.65. The van der Waals surface area contributed by atoms with E-state index in [1.807, 2.05) is 12.1 Å². The summed E-state index contributed by atoms with van der Waals surface area (Å²) in [5, 5.41) is 0. The number of halogens is 4. The fraction of sp³-hybridized carbons (Fsp3) is 0.0588. The van der Waals surface area contributed by atoms with E-state index in [4.69, 9.17) is 0 Å². The first kappa shape index (κ1) is 30.3. The van der Waals surface area contributed by atoms with Crippen molar-refractivity contribution in [3.8, 4) is 0 Å². The van der Waals surface area contributed by atoms with Crippen molar-refractivity contribution in [2.75, 3.05) is 0 Å². The zero-order valence-corrected chi connectivity index (χ0v) is 28.5. The van der Waals surface area contributed by atoms with Crippen LogP contribution in [0.2, 0.25) is 0 Å². The van der Waals surface area contributed by atoms with Crippen molar-refractivity contribution in [1.29, 1.82) is 0 Å². The number of hydrogen-bond acceptors (Lipinski definition) is 0. The van der Waals surface area contributed by atoms with Gasteiger partial charge in [0.05, 0.1) is 0 Å². The molecule has 0 N–H and O–H groups in total. The van der Waals surface area contributed by atoms with Crippen LogP contribution in [0.25, 0.3) is 11.1 Å². The van der Waals surface area contributed by atoms with Crippen LogP contribution in [0.5, 0.6) is 0 Å². The quantitative estimate of drug-likeness (QED) is 0.177. The Morgan fingerprint density at radius 1 is 0.525 bits per heavy atom. The molecule has 202 valence electrons. The van der Waals surface area contributed by atoms with Crippen molar-refractivity contribution < 1.29 is 25.9 Å². The van der Waals surface area contributed by atoms with Gasteiger partial charge in [-0.15, -0.1) is 24.8 Å². The Hall–Kier alpha value is -2.63. The number of rotatable bonds is 6. The second-order valence-corrected chi connectivity index (χ2v) is 40.7. The summed E-state index contributed by atoms with van der Waals surface area (Å²) in [4.78, 5) is 0. The third kappa shape index (κ3) is 4.79. The number of benzene rings is 4. The van der Waals surface area contributed by atoms with E-state index in [9.17, 15) is 8.78 Å². The first-order valence-corrected chi connectivity index (χ1v) is 28.5. The van der Waals surface area contributed by atoms with Gasteiger partial charge in [-0.2, -0.15) is 0 Å². The molecule has 0 spiro atoms. The summed E-state index contributed by atoms with van der Waals surface area (Å²) in [6.07, 6.45) is 10.5. The minimum absolute atomic E-state index is 0. The summed E-state index contributed by atoms with van der Waals surface area (Å²) in [6, 6.07) is 35.8. The maximum absolute atomic E-state index is 14.5. The van der Waals surface area contributed by atoms with Crippen molar-refractivity contribution >= 4 is 49.5 Å². The Morgan fingerprint density at radius 3 is 1.30 bits per heavy atom. The summed E-state index contributed by atoms with van der Waals surface area (Å²) in [5.41, 5.74) is 4.07. The van der Waals surface area contributed by atoms with Gasteiger partial charge in [0, 0.05) is 0 Å². The van der Waals surface area contributed by atoms with Gasteiger partial charge in [0.15, 0.2) is 0 Å². The Kier molecular flexibility index (Phi) is 9.16. The zero-order valence-electron chi connectivity index (χ0n) is 21.9. The zero-order chi connectivity index (χ0) is 26.2. The van der Waals surface area contributed by atoms with Crippen LogP contribution < -0.4 is 6.64 Å². The van der Waals surface area contributed by atoms with Crippen LogP contribution in [0, 0.1) is 11.6 Å². The second kappa shape index (κ2) is 12.1. The summed E-state index contributed by atoms with van der Waals surface area (Å²) in [7, 11) is 0. The van der Waals surface area contributed by atoms with E-state index in [1.165, 1.54) is 25.4 Å². The van der Waals surface area contributed by atoms with Crippen molar-refractivity contribution in [1.82, 2.24) is 0 Å². The van der Waals surface area contributed by atoms with Crippen molar-refractivity contribution in [3.63, 3.8) is 0 Å². The Balaban J connectivity index is 0.00000185. The molecule has 2 aliphatic carbocycles. The van der Waals surface area contributed by atoms with Gasteiger partial charge in [0.1, 0.15) is 0 Å². The Morgan fingerprint density at radius 2 is 0.925 bits per heavy atom. The molecule has 0 unspecified atom stereocenters. The van der Waals surface area contributed by atoms with Gasteiger partial charge >= 0.3 is 226 Å². The van der Waals surface area contributed by atoms with Crippen LogP contribution in [0.1, 0.15) is 24.0 Å². The molecule has 6 rings (SSSR count). The standard InChI is InChI=1S/2C11H8F.2C6H5.2ClH.Hf.H2Si/c2*12-11-7-3-6-10(8-11)9-4-1-2-5-9;2*1-2-4-6-5-3-1;;;;/h2*1,3-4,6-8H,2H2;2*1-5H;2*1H;;1H2. The molecule has 40 heavy (non-hydrogen) atoms. The van der Waals surface area contributed by atoms with Crippen LogP contribution in [-0.4, -0.2) is 6.94 Å². The molecule has 0 radical (unpaired) electrons. The molecule has 6 heteroatoms. The predicted octanol–water partition coefficient (Wildman–Crippen LogP) is 7.74. The first-order chi connectivity index (χ1) is 18.5. The van der Waals surface area contributed by atoms with Gasteiger partial charge in [-0.25, -0.2) is 0 Å². The van der Waals surface area contributed by atoms with Gasteiger partial charge in [0.25, 0.3) is 0 Å². The van der Waals surface area contributed by atoms with Gasteiger partial charge < -0.3 is 0 Å². The molecule has 0 saturated carbocycles. The third-order valence-corrected chi connectivity index (χ3v) is 46.5. The summed E-state index contributed by atoms with van der Waals surface area (Å²) in [6.45, 7) is 2.21. The van der Waals surface area contributed by atoms with E-state index < -0.39 is 17.1 Å². The number of hydrogen-bond donors (Lipinski definition) is 0. The van der Waals surface area contributed by atoms with Gasteiger partial charge in [0.2, 0.25) is 0 Å². The molecule has 0 amide bonds. The second-order valence-electron chi connectivity index (χ2n) is 10.2. The van der Waals surface area contributed by atoms with E-state index >= 15 is 0 Å². The van der Waals surface area contributed by atoms with Crippen LogP contribution >= 0.6 is 24.8 Å². The molecule has 0 bridgehead atoms. The molecule has 0 atom stereocenters. The predicted molar refractivity (Wildman–Crippen MR) is 169 cm³/mol. The van der Waals surface area contributed by atoms with E-state index in [0.29, 0.717) is 0 Å². The van der Waals surface area contributed by atoms with E-state index in [2.05, 4.69) is 91.9 Å². The SMILES string of the molecule is Cl.Cl.Fc1cccc(C2=[C]([Hf](=[SiH2])([C]3=C(c4cccc(F)c4)C=CC3)([c]3ccccc3)[c]3ccccc3)CC=C2)c1. The van der Waals surface area contributed by atoms with Gasteiger partial charge in [-0.1, -0.05) is 0 Å². The molecule has 0 aromatic heterocycles. The summed E-state index contributed by atoms with van der Waals surface area (Å²) < 4.78 is 34.6. The van der Waals surface area contributed by atoms with E-state index in [-0.39, 0.29) is 36.4 Å². The number of allylic oxidation sites excluding steroid dienone is 8. The molecule has 0 saturated heterocycles. The Bertz CT molecular complexity index is 1610. The summed E-state index contributed by atoms with van der Waals surface area (Å²) >= 11 is -4.82. The average molecular weight is 754 g/mol. The minimum atomic E-state index is -4.82. The summed E-state index contributed by atoms with van der Waals surface area (Å²) in [5.74, 6) is -0.461. The fourth-order valence-corrected chi connectivity index (χ4v) is 40.1. The third-order valence-electron chi connectivity index (χ3n) is 8.29. The van der Waals surface area contributed by atoms with Crippen LogP contribution in [0.4, 0.5) is 8.78 Å². The normalized spacial score (nSPS) is 14.8.